The number of amides is 1. The fourth-order valence-corrected chi connectivity index (χ4v) is 4.88. The number of aryl methyl sites for hydroxylation is 1. The van der Waals surface area contributed by atoms with Crippen LogP contribution in [0.4, 0.5) is 0 Å². The Morgan fingerprint density at radius 1 is 1.10 bits per heavy atom. The maximum Gasteiger partial charge on any atom is 0.222 e. The predicted molar refractivity (Wildman–Crippen MR) is 117 cm³/mol. The summed E-state index contributed by atoms with van der Waals surface area (Å²) >= 11 is 0. The Balaban J connectivity index is 1.58. The molecule has 1 N–H and O–H groups in total. The van der Waals surface area contributed by atoms with E-state index in [9.17, 15) is 4.79 Å². The van der Waals surface area contributed by atoms with Crippen LogP contribution in [0, 0.1) is 5.92 Å². The van der Waals surface area contributed by atoms with Crippen LogP contribution in [-0.4, -0.2) is 20.0 Å². The third kappa shape index (κ3) is 3.83. The Morgan fingerprint density at radius 3 is 2.45 bits per heavy atom. The number of rotatable bonds is 6. The molecule has 2 aromatic heterocycles. The average molecular weight is 393 g/mol. The lowest BCUT2D eigenvalue weighted by Gasteiger charge is -2.39. The lowest BCUT2D eigenvalue weighted by atomic mass is 9.78. The van der Waals surface area contributed by atoms with Gasteiger partial charge >= 0.3 is 0 Å². The van der Waals surface area contributed by atoms with Gasteiger partial charge in [0.15, 0.2) is 0 Å². The zero-order chi connectivity index (χ0) is 20.4. The Hall–Kier alpha value is -2.56. The van der Waals surface area contributed by atoms with Crippen LogP contribution in [0.1, 0.15) is 64.2 Å². The zero-order valence-electron chi connectivity index (χ0n) is 17.8. The molecule has 1 amide bonds. The van der Waals surface area contributed by atoms with Crippen molar-refractivity contribution >= 4 is 16.9 Å². The van der Waals surface area contributed by atoms with Gasteiger partial charge in [0.2, 0.25) is 5.91 Å². The van der Waals surface area contributed by atoms with E-state index in [-0.39, 0.29) is 23.4 Å². The molecule has 1 atom stereocenters. The number of hydrogen-bond donors (Lipinski definition) is 1. The first-order valence-corrected chi connectivity index (χ1v) is 10.8. The summed E-state index contributed by atoms with van der Waals surface area (Å²) in [5.41, 5.74) is 1.97. The summed E-state index contributed by atoms with van der Waals surface area (Å²) in [5, 5.41) is 3.33. The Kier molecular flexibility index (Phi) is 5.48. The molecule has 1 unspecified atom stereocenters. The molecule has 4 rings (SSSR count). The van der Waals surface area contributed by atoms with Crippen molar-refractivity contribution in [1.29, 1.82) is 0 Å². The Morgan fingerprint density at radius 2 is 1.79 bits per heavy atom. The van der Waals surface area contributed by atoms with Crippen LogP contribution in [0.3, 0.4) is 0 Å². The molecule has 29 heavy (non-hydrogen) atoms. The highest BCUT2D eigenvalue weighted by molar-refractivity contribution is 5.78. The molecule has 1 aliphatic carbocycles. The molecule has 0 bridgehead atoms. The van der Waals surface area contributed by atoms with E-state index in [2.05, 4.69) is 58.9 Å². The van der Waals surface area contributed by atoms with Crippen molar-refractivity contribution in [2.24, 2.45) is 13.0 Å². The first-order chi connectivity index (χ1) is 14.0. The number of nitrogens with zero attached hydrogens (tertiary/aromatic N) is 3. The molecule has 1 aliphatic rings. The van der Waals surface area contributed by atoms with Gasteiger partial charge in [0, 0.05) is 19.4 Å². The Bertz CT molecular complexity index is 964. The maximum atomic E-state index is 13.3. The number of fused-ring (bicyclic) bond motifs is 1. The Labute approximate surface area is 173 Å². The molecule has 154 valence electrons. The highest BCUT2D eigenvalue weighted by Gasteiger charge is 2.36. The summed E-state index contributed by atoms with van der Waals surface area (Å²) in [4.78, 5) is 18.1. The van der Waals surface area contributed by atoms with Gasteiger partial charge in [0.1, 0.15) is 5.82 Å². The second-order valence-electron chi connectivity index (χ2n) is 8.86. The minimum atomic E-state index is -0.106. The van der Waals surface area contributed by atoms with Gasteiger partial charge in [-0.15, -0.1) is 0 Å². The van der Waals surface area contributed by atoms with Gasteiger partial charge in [-0.25, -0.2) is 4.98 Å². The number of benzene rings is 1. The van der Waals surface area contributed by atoms with Crippen LogP contribution in [0.5, 0.6) is 0 Å². The molecule has 0 spiro atoms. The minimum absolute atomic E-state index is 0.0975. The molecule has 5 heteroatoms. The molecular weight excluding hydrogens is 360 g/mol. The molecule has 3 aromatic rings. The molecule has 0 aliphatic heterocycles. The van der Waals surface area contributed by atoms with E-state index in [0.717, 1.165) is 29.7 Å². The molecule has 0 radical (unpaired) electrons. The first-order valence-electron chi connectivity index (χ1n) is 10.8. The van der Waals surface area contributed by atoms with E-state index >= 15 is 0 Å². The van der Waals surface area contributed by atoms with Crippen LogP contribution < -0.4 is 5.32 Å². The van der Waals surface area contributed by atoms with Crippen LogP contribution in [0.2, 0.25) is 0 Å². The lowest BCUT2D eigenvalue weighted by molar-refractivity contribution is -0.124. The largest absolute Gasteiger partial charge is 0.348 e. The van der Waals surface area contributed by atoms with E-state index in [1.165, 1.54) is 19.3 Å². The van der Waals surface area contributed by atoms with E-state index in [0.29, 0.717) is 6.42 Å². The topological polar surface area (TPSA) is 51.9 Å². The average Bonchev–Trinajstić information content (AvgIpc) is 3.36. The van der Waals surface area contributed by atoms with Crippen LogP contribution in [0.25, 0.3) is 11.0 Å². The first kappa shape index (κ1) is 19.7. The molecule has 2 heterocycles. The quantitative estimate of drug-likeness (QED) is 0.646. The summed E-state index contributed by atoms with van der Waals surface area (Å²) in [6, 6.07) is 12.2. The second kappa shape index (κ2) is 8.05. The van der Waals surface area contributed by atoms with Crippen LogP contribution in [0.15, 0.2) is 48.8 Å². The van der Waals surface area contributed by atoms with Crippen molar-refractivity contribution in [2.75, 3.05) is 0 Å². The fourth-order valence-electron chi connectivity index (χ4n) is 4.88. The number of para-hydroxylation sites is 2. The summed E-state index contributed by atoms with van der Waals surface area (Å²) in [6.45, 7) is 4.29. The van der Waals surface area contributed by atoms with Gasteiger partial charge in [-0.05, 0) is 43.0 Å². The van der Waals surface area contributed by atoms with Gasteiger partial charge in [-0.2, -0.15) is 0 Å². The fraction of sp³-hybridized carbons (Fsp3) is 0.500. The number of nitrogens with one attached hydrogen (secondary N) is 1. The number of carbonyl (C=O) groups is 1. The molecule has 0 saturated heterocycles. The summed E-state index contributed by atoms with van der Waals surface area (Å²) in [5.74, 6) is 1.29. The molecule has 1 saturated carbocycles. The smallest absolute Gasteiger partial charge is 0.222 e. The number of hydrogen-bond acceptors (Lipinski definition) is 2. The molecule has 1 fully saturated rings. The number of carbonyl (C=O) groups excluding carboxylic acids is 1. The monoisotopic (exact) mass is 392 g/mol. The van der Waals surface area contributed by atoms with Gasteiger partial charge in [-0.3, -0.25) is 4.79 Å². The van der Waals surface area contributed by atoms with Crippen molar-refractivity contribution in [1.82, 2.24) is 19.4 Å². The van der Waals surface area contributed by atoms with Crippen molar-refractivity contribution in [3.05, 3.63) is 54.6 Å². The van der Waals surface area contributed by atoms with Gasteiger partial charge in [0.25, 0.3) is 0 Å². The van der Waals surface area contributed by atoms with Crippen molar-refractivity contribution < 1.29 is 4.79 Å². The molecular formula is C24H32N4O. The van der Waals surface area contributed by atoms with E-state index < -0.39 is 0 Å². The zero-order valence-corrected chi connectivity index (χ0v) is 17.8. The van der Waals surface area contributed by atoms with E-state index in [4.69, 9.17) is 4.98 Å². The molecule has 5 nitrogen and oxygen atoms in total. The van der Waals surface area contributed by atoms with Crippen LogP contribution >= 0.6 is 0 Å². The number of aromatic nitrogens is 3. The van der Waals surface area contributed by atoms with Gasteiger partial charge < -0.3 is 14.5 Å². The molecule has 1 aromatic carbocycles. The SMILES string of the molecule is CC(C)C(NC(=O)CC1(n2cccc2)CCCCC1)c1nc2ccccc2n1C. The summed E-state index contributed by atoms with van der Waals surface area (Å²) in [6.07, 6.45) is 10.5. The summed E-state index contributed by atoms with van der Waals surface area (Å²) < 4.78 is 4.38. The minimum Gasteiger partial charge on any atom is -0.348 e. The van der Waals surface area contributed by atoms with Crippen molar-refractivity contribution in [3.63, 3.8) is 0 Å². The van der Waals surface area contributed by atoms with Crippen LogP contribution in [-0.2, 0) is 17.4 Å². The predicted octanol–water partition coefficient (Wildman–Crippen LogP) is 4.94. The van der Waals surface area contributed by atoms with E-state index in [1.807, 2.05) is 25.2 Å². The van der Waals surface area contributed by atoms with Gasteiger partial charge in [-0.1, -0.05) is 45.2 Å². The maximum absolute atomic E-state index is 13.3. The standard InChI is InChI=1S/C24H32N4O/c1-18(2)22(23-25-19-11-5-6-12-20(19)27(23)3)26-21(29)17-24(13-7-4-8-14-24)28-15-9-10-16-28/h5-6,9-12,15-16,18,22H,4,7-8,13-14,17H2,1-3H3,(H,26,29). The third-order valence-corrected chi connectivity index (χ3v) is 6.51. The highest BCUT2D eigenvalue weighted by atomic mass is 16.1. The summed E-state index contributed by atoms with van der Waals surface area (Å²) in [7, 11) is 2.04. The van der Waals surface area contributed by atoms with Crippen molar-refractivity contribution in [3.8, 4) is 0 Å². The number of imidazole rings is 1. The lowest BCUT2D eigenvalue weighted by Crippen LogP contribution is -2.42. The second-order valence-corrected chi connectivity index (χ2v) is 8.86. The highest BCUT2D eigenvalue weighted by Crippen LogP contribution is 2.38. The van der Waals surface area contributed by atoms with E-state index in [1.54, 1.807) is 0 Å². The third-order valence-electron chi connectivity index (χ3n) is 6.51. The van der Waals surface area contributed by atoms with Gasteiger partial charge in [0.05, 0.1) is 29.0 Å². The normalized spacial score (nSPS) is 17.5. The van der Waals surface area contributed by atoms with Crippen molar-refractivity contribution in [2.45, 2.75) is 64.0 Å².